The van der Waals surface area contributed by atoms with E-state index in [2.05, 4.69) is 40.9 Å². The third kappa shape index (κ3) is 1.28. The standard InChI is InChI=1S/C13H13N3.H2/c1-8(2)11-4-3-9-10-7-14-6-5-12(10)16-13(9)15-11;/h3-8H,1-2H3,(H,15,16);1H. The van der Waals surface area contributed by atoms with Crippen LogP contribution in [0.25, 0.3) is 21.9 Å². The number of hydrogen-bond acceptors (Lipinski definition) is 2. The first-order valence-electron chi connectivity index (χ1n) is 5.48. The number of fused-ring (bicyclic) bond motifs is 3. The Bertz CT molecular complexity index is 658. The zero-order chi connectivity index (χ0) is 11.1. The Hall–Kier alpha value is -1.90. The van der Waals surface area contributed by atoms with E-state index in [4.69, 9.17) is 0 Å². The summed E-state index contributed by atoms with van der Waals surface area (Å²) >= 11 is 0. The van der Waals surface area contributed by atoms with Gasteiger partial charge in [-0.25, -0.2) is 4.98 Å². The Kier molecular flexibility index (Phi) is 1.93. The van der Waals surface area contributed by atoms with Crippen molar-refractivity contribution in [3.63, 3.8) is 0 Å². The van der Waals surface area contributed by atoms with Gasteiger partial charge in [-0.05, 0) is 24.1 Å². The minimum Gasteiger partial charge on any atom is -0.339 e. The van der Waals surface area contributed by atoms with Crippen molar-refractivity contribution in [3.05, 3.63) is 36.3 Å². The number of rotatable bonds is 1. The first-order valence-corrected chi connectivity index (χ1v) is 5.48. The van der Waals surface area contributed by atoms with E-state index in [1.54, 1.807) is 6.20 Å². The second kappa shape index (κ2) is 3.30. The van der Waals surface area contributed by atoms with Crippen LogP contribution in [0.3, 0.4) is 0 Å². The van der Waals surface area contributed by atoms with E-state index in [1.807, 2.05) is 12.3 Å². The maximum atomic E-state index is 4.63. The van der Waals surface area contributed by atoms with Gasteiger partial charge < -0.3 is 4.98 Å². The van der Waals surface area contributed by atoms with Crippen LogP contribution >= 0.6 is 0 Å². The van der Waals surface area contributed by atoms with Crippen molar-refractivity contribution in [2.45, 2.75) is 19.8 Å². The molecule has 0 saturated heterocycles. The van der Waals surface area contributed by atoms with Gasteiger partial charge in [-0.15, -0.1) is 0 Å². The second-order valence-electron chi connectivity index (χ2n) is 4.33. The Morgan fingerprint density at radius 3 is 2.88 bits per heavy atom. The van der Waals surface area contributed by atoms with E-state index in [-0.39, 0.29) is 1.43 Å². The van der Waals surface area contributed by atoms with E-state index >= 15 is 0 Å². The molecule has 3 rings (SSSR count). The molecule has 0 amide bonds. The third-order valence-corrected chi connectivity index (χ3v) is 2.87. The molecule has 0 spiro atoms. The lowest BCUT2D eigenvalue weighted by molar-refractivity contribution is 0.828. The van der Waals surface area contributed by atoms with Gasteiger partial charge in [0.2, 0.25) is 0 Å². The van der Waals surface area contributed by atoms with Crippen LogP contribution in [0.5, 0.6) is 0 Å². The zero-order valence-electron chi connectivity index (χ0n) is 9.36. The van der Waals surface area contributed by atoms with Crippen LogP contribution in [-0.2, 0) is 0 Å². The number of pyridine rings is 2. The normalized spacial score (nSPS) is 11.7. The Morgan fingerprint density at radius 2 is 2.06 bits per heavy atom. The number of nitrogens with one attached hydrogen (secondary N) is 1. The highest BCUT2D eigenvalue weighted by atomic mass is 14.9. The van der Waals surface area contributed by atoms with Crippen LogP contribution in [0.1, 0.15) is 26.9 Å². The first-order chi connectivity index (χ1) is 7.75. The molecule has 3 nitrogen and oxygen atoms in total. The topological polar surface area (TPSA) is 41.6 Å². The van der Waals surface area contributed by atoms with E-state index in [0.717, 1.165) is 27.6 Å². The van der Waals surface area contributed by atoms with Crippen LogP contribution in [0.2, 0.25) is 0 Å². The van der Waals surface area contributed by atoms with Crippen molar-refractivity contribution in [3.8, 4) is 0 Å². The fraction of sp³-hybridized carbons (Fsp3) is 0.231. The third-order valence-electron chi connectivity index (χ3n) is 2.87. The molecule has 0 aromatic carbocycles. The fourth-order valence-electron chi connectivity index (χ4n) is 1.95. The average molecular weight is 213 g/mol. The number of aromatic nitrogens is 3. The molecule has 0 aliphatic rings. The van der Waals surface area contributed by atoms with E-state index < -0.39 is 0 Å². The number of aromatic amines is 1. The second-order valence-corrected chi connectivity index (χ2v) is 4.33. The molecule has 0 atom stereocenters. The van der Waals surface area contributed by atoms with Gasteiger partial charge in [-0.2, -0.15) is 0 Å². The van der Waals surface area contributed by atoms with Crippen LogP contribution in [0, 0.1) is 0 Å². The molecule has 0 radical (unpaired) electrons. The molecular formula is C13H15N3. The highest BCUT2D eigenvalue weighted by Crippen LogP contribution is 2.24. The van der Waals surface area contributed by atoms with Crippen molar-refractivity contribution >= 4 is 21.9 Å². The monoisotopic (exact) mass is 213 g/mol. The van der Waals surface area contributed by atoms with Crippen molar-refractivity contribution in [2.75, 3.05) is 0 Å². The van der Waals surface area contributed by atoms with E-state index in [1.165, 1.54) is 0 Å². The summed E-state index contributed by atoms with van der Waals surface area (Å²) in [6.07, 6.45) is 3.67. The van der Waals surface area contributed by atoms with Gasteiger partial charge in [-0.3, -0.25) is 4.98 Å². The summed E-state index contributed by atoms with van der Waals surface area (Å²) in [5.74, 6) is 0.453. The minimum absolute atomic E-state index is 0. The molecule has 3 aromatic rings. The molecule has 0 fully saturated rings. The van der Waals surface area contributed by atoms with Gasteiger partial charge in [-0.1, -0.05) is 13.8 Å². The summed E-state index contributed by atoms with van der Waals surface area (Å²) < 4.78 is 0. The molecular weight excluding hydrogens is 198 g/mol. The molecule has 82 valence electrons. The molecule has 0 unspecified atom stereocenters. The van der Waals surface area contributed by atoms with Crippen LogP contribution in [-0.4, -0.2) is 15.0 Å². The maximum Gasteiger partial charge on any atom is 0.138 e. The molecule has 0 saturated carbocycles. The quantitative estimate of drug-likeness (QED) is 0.672. The lowest BCUT2D eigenvalue weighted by Crippen LogP contribution is -1.91. The number of nitrogens with zero attached hydrogens (tertiary/aromatic N) is 2. The van der Waals surface area contributed by atoms with Gasteiger partial charge in [0.1, 0.15) is 5.65 Å². The molecule has 3 heterocycles. The summed E-state index contributed by atoms with van der Waals surface area (Å²) in [6, 6.07) is 6.19. The molecule has 3 aromatic heterocycles. The molecule has 0 aliphatic heterocycles. The van der Waals surface area contributed by atoms with Gasteiger partial charge in [0, 0.05) is 30.3 Å². The van der Waals surface area contributed by atoms with Crippen LogP contribution in [0.15, 0.2) is 30.6 Å². The maximum absolute atomic E-state index is 4.63. The summed E-state index contributed by atoms with van der Waals surface area (Å²) in [5.41, 5.74) is 3.17. The molecule has 0 bridgehead atoms. The lowest BCUT2D eigenvalue weighted by atomic mass is 10.1. The zero-order valence-corrected chi connectivity index (χ0v) is 9.36. The molecule has 3 heteroatoms. The van der Waals surface area contributed by atoms with Crippen molar-refractivity contribution in [1.82, 2.24) is 15.0 Å². The predicted molar refractivity (Wildman–Crippen MR) is 67.6 cm³/mol. The minimum atomic E-state index is 0. The van der Waals surface area contributed by atoms with Gasteiger partial charge in [0.25, 0.3) is 0 Å². The predicted octanol–water partition coefficient (Wildman–Crippen LogP) is 3.48. The highest BCUT2D eigenvalue weighted by molar-refractivity contribution is 6.05. The summed E-state index contributed by atoms with van der Waals surface area (Å²) in [6.45, 7) is 4.30. The number of H-pyrrole nitrogens is 1. The smallest absolute Gasteiger partial charge is 0.138 e. The lowest BCUT2D eigenvalue weighted by Gasteiger charge is -2.02. The highest BCUT2D eigenvalue weighted by Gasteiger charge is 2.07. The van der Waals surface area contributed by atoms with Crippen LogP contribution in [0.4, 0.5) is 0 Å². The molecule has 1 N–H and O–H groups in total. The summed E-state index contributed by atoms with van der Waals surface area (Å²) in [4.78, 5) is 12.1. The van der Waals surface area contributed by atoms with Crippen molar-refractivity contribution in [2.24, 2.45) is 0 Å². The van der Waals surface area contributed by atoms with Gasteiger partial charge in [0.05, 0.1) is 5.52 Å². The Morgan fingerprint density at radius 1 is 1.19 bits per heavy atom. The fourth-order valence-corrected chi connectivity index (χ4v) is 1.95. The van der Waals surface area contributed by atoms with Crippen molar-refractivity contribution < 1.29 is 1.43 Å². The first kappa shape index (κ1) is 9.33. The largest absolute Gasteiger partial charge is 0.339 e. The van der Waals surface area contributed by atoms with Crippen molar-refractivity contribution in [1.29, 1.82) is 0 Å². The Balaban J connectivity index is 0.00000108. The average Bonchev–Trinajstić information content (AvgIpc) is 2.66. The van der Waals surface area contributed by atoms with E-state index in [9.17, 15) is 0 Å². The Labute approximate surface area is 95.0 Å². The summed E-state index contributed by atoms with van der Waals surface area (Å²) in [5, 5.41) is 2.29. The summed E-state index contributed by atoms with van der Waals surface area (Å²) in [7, 11) is 0. The van der Waals surface area contributed by atoms with Crippen LogP contribution < -0.4 is 0 Å². The molecule has 0 aliphatic carbocycles. The molecule has 16 heavy (non-hydrogen) atoms. The van der Waals surface area contributed by atoms with E-state index in [0.29, 0.717) is 5.92 Å². The number of hydrogen-bond donors (Lipinski definition) is 1. The van der Waals surface area contributed by atoms with Gasteiger partial charge >= 0.3 is 0 Å². The SMILES string of the molecule is CC(C)c1ccc2c(n1)[nH]c1ccncc12.[HH]. The van der Waals surface area contributed by atoms with Gasteiger partial charge in [0.15, 0.2) is 0 Å².